The minimum Gasteiger partial charge on any atom is -0.399 e. The van der Waals surface area contributed by atoms with Gasteiger partial charge in [0.15, 0.2) is 0 Å². The molecule has 1 heterocycles. The van der Waals surface area contributed by atoms with Crippen LogP contribution in [0.3, 0.4) is 0 Å². The highest BCUT2D eigenvalue weighted by Gasteiger charge is 2.12. The first-order valence-electron chi connectivity index (χ1n) is 6.79. The molecule has 0 saturated heterocycles. The van der Waals surface area contributed by atoms with Crippen LogP contribution in [0.25, 0.3) is 10.9 Å². The fourth-order valence-corrected chi connectivity index (χ4v) is 2.92. The van der Waals surface area contributed by atoms with Gasteiger partial charge in [-0.25, -0.2) is 0 Å². The Labute approximate surface area is 116 Å². The smallest absolute Gasteiger partial charge is 0.122 e. The molecule has 0 radical (unpaired) electrons. The molecule has 0 spiro atoms. The summed E-state index contributed by atoms with van der Waals surface area (Å²) in [5.74, 6) is 0. The molecule has 0 aliphatic heterocycles. The van der Waals surface area contributed by atoms with E-state index in [1.165, 1.54) is 17.0 Å². The molecule has 2 rings (SSSR count). The van der Waals surface area contributed by atoms with E-state index >= 15 is 0 Å². The topological polar surface area (TPSA) is 40.2 Å². The SMILES string of the molecule is Cc1cc(N)cc2c1ccn2COCC[Si](C)(C)C. The van der Waals surface area contributed by atoms with E-state index in [-0.39, 0.29) is 0 Å². The summed E-state index contributed by atoms with van der Waals surface area (Å²) in [5.41, 5.74) is 9.10. The summed E-state index contributed by atoms with van der Waals surface area (Å²) in [6.07, 6.45) is 2.08. The van der Waals surface area contributed by atoms with Gasteiger partial charge < -0.3 is 15.0 Å². The summed E-state index contributed by atoms with van der Waals surface area (Å²) in [6.45, 7) is 10.6. The molecule has 2 aromatic rings. The highest BCUT2D eigenvalue weighted by molar-refractivity contribution is 6.76. The number of aryl methyl sites for hydroxylation is 1. The van der Waals surface area contributed by atoms with Crippen molar-refractivity contribution in [3.8, 4) is 0 Å². The second-order valence-electron chi connectivity index (χ2n) is 6.40. The molecule has 0 amide bonds. The lowest BCUT2D eigenvalue weighted by Crippen LogP contribution is -2.21. The Morgan fingerprint density at radius 2 is 2.00 bits per heavy atom. The number of nitrogens with two attached hydrogens (primary N) is 1. The molecule has 1 aromatic heterocycles. The lowest BCUT2D eigenvalue weighted by molar-refractivity contribution is 0.0902. The van der Waals surface area contributed by atoms with Crippen molar-refractivity contribution in [1.82, 2.24) is 4.57 Å². The van der Waals surface area contributed by atoms with Crippen LogP contribution in [0.1, 0.15) is 5.56 Å². The molecule has 19 heavy (non-hydrogen) atoms. The first kappa shape index (κ1) is 14.2. The van der Waals surface area contributed by atoms with E-state index < -0.39 is 8.07 Å². The maximum Gasteiger partial charge on any atom is 0.122 e. The number of anilines is 1. The molecule has 0 unspecified atom stereocenters. The van der Waals surface area contributed by atoms with Crippen LogP contribution in [0.5, 0.6) is 0 Å². The quantitative estimate of drug-likeness (QED) is 0.512. The van der Waals surface area contributed by atoms with Gasteiger partial charge in [0, 0.05) is 32.0 Å². The molecule has 1 aromatic carbocycles. The van der Waals surface area contributed by atoms with Crippen molar-refractivity contribution in [2.24, 2.45) is 0 Å². The van der Waals surface area contributed by atoms with Crippen molar-refractivity contribution < 1.29 is 4.74 Å². The zero-order valence-electron chi connectivity index (χ0n) is 12.4. The van der Waals surface area contributed by atoms with Gasteiger partial charge in [-0.1, -0.05) is 19.6 Å². The number of aromatic nitrogens is 1. The number of benzene rings is 1. The van der Waals surface area contributed by atoms with Crippen LogP contribution < -0.4 is 5.73 Å². The van der Waals surface area contributed by atoms with Gasteiger partial charge >= 0.3 is 0 Å². The van der Waals surface area contributed by atoms with Gasteiger partial charge in [0.25, 0.3) is 0 Å². The number of nitrogens with zero attached hydrogens (tertiary/aromatic N) is 1. The third-order valence-electron chi connectivity index (χ3n) is 3.34. The van der Waals surface area contributed by atoms with Gasteiger partial charge in [0.1, 0.15) is 6.73 Å². The van der Waals surface area contributed by atoms with Crippen LogP contribution in [0.2, 0.25) is 25.7 Å². The third kappa shape index (κ3) is 3.61. The summed E-state index contributed by atoms with van der Waals surface area (Å²) in [7, 11) is -1.01. The van der Waals surface area contributed by atoms with Crippen LogP contribution in [-0.4, -0.2) is 19.2 Å². The van der Waals surface area contributed by atoms with Gasteiger partial charge in [0.05, 0.1) is 5.52 Å². The number of fused-ring (bicyclic) bond motifs is 1. The maximum atomic E-state index is 5.92. The van der Waals surface area contributed by atoms with Crippen LogP contribution in [0.15, 0.2) is 24.4 Å². The number of ether oxygens (including phenoxy) is 1. The molecule has 2 N–H and O–H groups in total. The van der Waals surface area contributed by atoms with Crippen molar-refractivity contribution in [2.45, 2.75) is 39.3 Å². The Morgan fingerprint density at radius 3 is 2.68 bits per heavy atom. The highest BCUT2D eigenvalue weighted by Crippen LogP contribution is 2.23. The Hall–Kier alpha value is -1.26. The lowest BCUT2D eigenvalue weighted by atomic mass is 10.1. The van der Waals surface area contributed by atoms with E-state index in [2.05, 4.69) is 43.4 Å². The van der Waals surface area contributed by atoms with E-state index in [1.807, 2.05) is 12.1 Å². The van der Waals surface area contributed by atoms with E-state index in [0.717, 1.165) is 17.8 Å². The van der Waals surface area contributed by atoms with Crippen LogP contribution >= 0.6 is 0 Å². The third-order valence-corrected chi connectivity index (χ3v) is 5.05. The monoisotopic (exact) mass is 276 g/mol. The van der Waals surface area contributed by atoms with Gasteiger partial charge in [0.2, 0.25) is 0 Å². The zero-order chi connectivity index (χ0) is 14.0. The normalized spacial score (nSPS) is 12.2. The van der Waals surface area contributed by atoms with E-state index in [0.29, 0.717) is 6.73 Å². The van der Waals surface area contributed by atoms with Crippen molar-refractivity contribution in [2.75, 3.05) is 12.3 Å². The Kier molecular flexibility index (Phi) is 4.01. The maximum absolute atomic E-state index is 5.92. The van der Waals surface area contributed by atoms with E-state index in [4.69, 9.17) is 10.5 Å². The average molecular weight is 276 g/mol. The second-order valence-corrected chi connectivity index (χ2v) is 12.0. The molecular weight excluding hydrogens is 252 g/mol. The molecule has 0 saturated carbocycles. The molecule has 0 aliphatic carbocycles. The molecule has 0 aliphatic rings. The standard InChI is InChI=1S/C15H24N2OSi/c1-12-9-13(16)10-15-14(12)5-6-17(15)11-18-7-8-19(2,3)4/h5-6,9-10H,7-8,11,16H2,1-4H3. The largest absolute Gasteiger partial charge is 0.399 e. The lowest BCUT2D eigenvalue weighted by Gasteiger charge is -2.16. The Bertz CT molecular complexity index is 569. The fourth-order valence-electron chi connectivity index (χ4n) is 2.16. The first-order valence-corrected chi connectivity index (χ1v) is 10.5. The molecule has 0 atom stereocenters. The molecule has 3 nitrogen and oxygen atoms in total. The van der Waals surface area contributed by atoms with Crippen LogP contribution in [0, 0.1) is 6.92 Å². The average Bonchev–Trinajstić information content (AvgIpc) is 2.66. The van der Waals surface area contributed by atoms with Crippen LogP contribution in [-0.2, 0) is 11.5 Å². The summed E-state index contributed by atoms with van der Waals surface area (Å²) in [4.78, 5) is 0. The van der Waals surface area contributed by atoms with Crippen molar-refractivity contribution >= 4 is 24.7 Å². The second kappa shape index (κ2) is 5.39. The van der Waals surface area contributed by atoms with Crippen molar-refractivity contribution in [3.63, 3.8) is 0 Å². The number of nitrogen functional groups attached to an aromatic ring is 1. The predicted molar refractivity (Wildman–Crippen MR) is 85.2 cm³/mol. The highest BCUT2D eigenvalue weighted by atomic mass is 28.3. The van der Waals surface area contributed by atoms with Gasteiger partial charge in [-0.15, -0.1) is 0 Å². The molecule has 0 bridgehead atoms. The van der Waals surface area contributed by atoms with E-state index in [9.17, 15) is 0 Å². The summed E-state index contributed by atoms with van der Waals surface area (Å²) in [6, 6.07) is 7.36. The number of hydrogen-bond acceptors (Lipinski definition) is 2. The van der Waals surface area contributed by atoms with Gasteiger partial charge in [-0.05, 0) is 36.7 Å². The minimum atomic E-state index is -1.01. The van der Waals surface area contributed by atoms with Crippen molar-refractivity contribution in [3.05, 3.63) is 30.0 Å². The minimum absolute atomic E-state index is 0.608. The van der Waals surface area contributed by atoms with Gasteiger partial charge in [-0.2, -0.15) is 0 Å². The first-order chi connectivity index (χ1) is 8.87. The predicted octanol–water partition coefficient (Wildman–Crippen LogP) is 3.84. The molecule has 104 valence electrons. The Balaban J connectivity index is 2.05. The van der Waals surface area contributed by atoms with Crippen LogP contribution in [0.4, 0.5) is 5.69 Å². The molecule has 0 fully saturated rings. The van der Waals surface area contributed by atoms with Crippen molar-refractivity contribution in [1.29, 1.82) is 0 Å². The number of rotatable bonds is 5. The van der Waals surface area contributed by atoms with Gasteiger partial charge in [-0.3, -0.25) is 0 Å². The zero-order valence-corrected chi connectivity index (χ0v) is 13.4. The summed E-state index contributed by atoms with van der Waals surface area (Å²) >= 11 is 0. The number of hydrogen-bond donors (Lipinski definition) is 1. The fraction of sp³-hybridized carbons (Fsp3) is 0.467. The summed E-state index contributed by atoms with van der Waals surface area (Å²) < 4.78 is 7.93. The van der Waals surface area contributed by atoms with E-state index in [1.54, 1.807) is 0 Å². The Morgan fingerprint density at radius 1 is 1.26 bits per heavy atom. The summed E-state index contributed by atoms with van der Waals surface area (Å²) in [5, 5.41) is 1.25. The molecule has 4 heteroatoms. The molecular formula is C15H24N2OSi.